The topological polar surface area (TPSA) is 193 Å². The van der Waals surface area contributed by atoms with Gasteiger partial charge in [0.15, 0.2) is 0 Å². The van der Waals surface area contributed by atoms with Crippen molar-refractivity contribution < 1.29 is 38.1 Å². The highest BCUT2D eigenvalue weighted by Crippen LogP contribution is 2.58. The number of hydrogen-bond donors (Lipinski definition) is 4. The molecule has 6 atom stereocenters. The van der Waals surface area contributed by atoms with E-state index in [2.05, 4.69) is 44.9 Å². The van der Waals surface area contributed by atoms with Crippen LogP contribution in [0.15, 0.2) is 36.7 Å². The molecule has 16 heteroatoms. The van der Waals surface area contributed by atoms with Crippen molar-refractivity contribution in [3.8, 4) is 11.3 Å². The number of fused-ring (bicyclic) bond motifs is 3. The Labute approximate surface area is 339 Å². The van der Waals surface area contributed by atoms with E-state index in [0.29, 0.717) is 13.1 Å². The normalized spacial score (nSPS) is 26.2. The molecular weight excluding hydrogens is 745 g/mol. The maximum absolute atomic E-state index is 13.8. The zero-order valence-electron chi connectivity index (χ0n) is 34.5. The summed E-state index contributed by atoms with van der Waals surface area (Å²) in [5.41, 5.74) is 4.58. The molecule has 3 aromatic rings. The van der Waals surface area contributed by atoms with Gasteiger partial charge in [0.2, 0.25) is 11.8 Å². The van der Waals surface area contributed by atoms with Crippen LogP contribution in [-0.4, -0.2) is 120 Å². The van der Waals surface area contributed by atoms with Crippen LogP contribution in [0.3, 0.4) is 0 Å². The third kappa shape index (κ3) is 7.80. The highest BCUT2D eigenvalue weighted by molar-refractivity contribution is 5.87. The van der Waals surface area contributed by atoms with E-state index in [1.165, 1.54) is 34.0 Å². The first kappa shape index (κ1) is 41.2. The Morgan fingerprint density at radius 2 is 1.16 bits per heavy atom. The summed E-state index contributed by atoms with van der Waals surface area (Å²) in [5, 5.41) is 5.30. The van der Waals surface area contributed by atoms with Gasteiger partial charge in [0, 0.05) is 44.6 Å². The molecule has 4 heterocycles. The van der Waals surface area contributed by atoms with E-state index in [1.807, 2.05) is 17.3 Å². The number of carbonyl (C=O) groups excluding carboxylic acids is 4. The van der Waals surface area contributed by atoms with Crippen LogP contribution < -0.4 is 10.6 Å². The second-order valence-electron chi connectivity index (χ2n) is 16.5. The van der Waals surface area contributed by atoms with Crippen molar-refractivity contribution in [3.63, 3.8) is 0 Å². The summed E-state index contributed by atoms with van der Waals surface area (Å²) in [6.45, 7) is 4.64. The smallest absolute Gasteiger partial charge is 0.407 e. The van der Waals surface area contributed by atoms with Crippen LogP contribution >= 0.6 is 0 Å². The standard InChI is InChI=1S/C42H58N8O8/c1-25(55-3)33(47-39(53)57-5)37(51)49-21-7-9-30(49)35-43-23-29(45-35)27-11-13-28(14-12-27)41-15-18-42(19-16-41,20-17-41)32-24-44-36(46-32)31-10-8-22-50(31)38(52)34(26(2)56-4)48-40(54)58-6/h11-14,23-26,30-31,33-34H,7-10,15-22H2,1-6H3,(H,43,45)(H,44,46)(H,47,53)(H,48,54)/t25-,26-,30+,31+,33+,34+,41?,42?/m1/s1. The number of imidazole rings is 2. The minimum Gasteiger partial charge on any atom is -0.453 e. The quantitative estimate of drug-likeness (QED) is 0.179. The molecule has 16 nitrogen and oxygen atoms in total. The molecule has 4 N–H and O–H groups in total. The molecule has 1 aromatic carbocycles. The number of carbonyl (C=O) groups is 4. The van der Waals surface area contributed by atoms with Crippen LogP contribution in [-0.2, 0) is 39.4 Å². The molecule has 8 rings (SSSR count). The van der Waals surface area contributed by atoms with E-state index < -0.39 is 36.5 Å². The van der Waals surface area contributed by atoms with Gasteiger partial charge in [-0.15, -0.1) is 0 Å². The summed E-state index contributed by atoms with van der Waals surface area (Å²) in [5.74, 6) is 1.08. The summed E-state index contributed by atoms with van der Waals surface area (Å²) >= 11 is 0. The van der Waals surface area contributed by atoms with Crippen LogP contribution in [0.1, 0.15) is 113 Å². The number of aromatic nitrogens is 4. The van der Waals surface area contributed by atoms with Gasteiger partial charge in [-0.3, -0.25) is 9.59 Å². The lowest BCUT2D eigenvalue weighted by atomic mass is 9.51. The average molecular weight is 803 g/mol. The molecule has 3 aliphatic carbocycles. The fraction of sp³-hybridized carbons (Fsp3) is 0.619. The largest absolute Gasteiger partial charge is 0.453 e. The number of nitrogens with one attached hydrogen (secondary N) is 4. The van der Waals surface area contributed by atoms with Crippen LogP contribution in [0, 0.1) is 0 Å². The van der Waals surface area contributed by atoms with Crippen molar-refractivity contribution >= 4 is 24.0 Å². The van der Waals surface area contributed by atoms with Gasteiger partial charge in [0.25, 0.3) is 0 Å². The second kappa shape index (κ2) is 17.1. The molecule has 314 valence electrons. The molecule has 5 aliphatic rings. The van der Waals surface area contributed by atoms with Crippen molar-refractivity contribution in [1.82, 2.24) is 40.4 Å². The Hall–Kier alpha value is -4.96. The van der Waals surface area contributed by atoms with Crippen molar-refractivity contribution in [1.29, 1.82) is 0 Å². The Bertz CT molecular complexity index is 1920. The summed E-state index contributed by atoms with van der Waals surface area (Å²) in [6.07, 6.45) is 11.0. The van der Waals surface area contributed by atoms with Crippen LogP contribution in [0.5, 0.6) is 0 Å². The first-order chi connectivity index (χ1) is 28.0. The maximum Gasteiger partial charge on any atom is 0.407 e. The van der Waals surface area contributed by atoms with Gasteiger partial charge < -0.3 is 49.3 Å². The van der Waals surface area contributed by atoms with Gasteiger partial charge in [0.05, 0.1) is 50.4 Å². The van der Waals surface area contributed by atoms with E-state index in [9.17, 15) is 19.2 Å². The zero-order chi connectivity index (χ0) is 41.2. The van der Waals surface area contributed by atoms with Gasteiger partial charge in [-0.05, 0) is 94.6 Å². The first-order valence-electron chi connectivity index (χ1n) is 20.5. The van der Waals surface area contributed by atoms with Crippen molar-refractivity contribution in [2.24, 2.45) is 0 Å². The third-order valence-electron chi connectivity index (χ3n) is 13.7. The monoisotopic (exact) mass is 802 g/mol. The highest BCUT2D eigenvalue weighted by Gasteiger charge is 2.51. The van der Waals surface area contributed by atoms with E-state index in [0.717, 1.165) is 92.8 Å². The zero-order valence-corrected chi connectivity index (χ0v) is 34.5. The number of amides is 4. The van der Waals surface area contributed by atoms with Crippen molar-refractivity contribution in [2.45, 2.75) is 125 Å². The Morgan fingerprint density at radius 1 is 0.690 bits per heavy atom. The molecule has 58 heavy (non-hydrogen) atoms. The second-order valence-corrected chi connectivity index (χ2v) is 16.5. The first-order valence-corrected chi connectivity index (χ1v) is 20.5. The molecule has 5 fully saturated rings. The lowest BCUT2D eigenvalue weighted by Crippen LogP contribution is -2.54. The van der Waals surface area contributed by atoms with Crippen LogP contribution in [0.4, 0.5) is 9.59 Å². The number of aromatic amines is 2. The van der Waals surface area contributed by atoms with E-state index in [1.54, 1.807) is 18.7 Å². The molecule has 2 saturated heterocycles. The SMILES string of the molecule is COC(=O)N[C@H](C(=O)N1CCC[C@H]1c1ncc(-c2ccc(C34CCC(c5cnc([C@@H]6CCCN6C(=O)[C@@H](NC(=O)OC)[C@@H](C)OC)[nH]5)(CC3)CC4)cc2)[nH]1)[C@@H](C)OC. The Morgan fingerprint density at radius 3 is 1.64 bits per heavy atom. The fourth-order valence-electron chi connectivity index (χ4n) is 9.84. The molecule has 4 amide bonds. The summed E-state index contributed by atoms with van der Waals surface area (Å²) in [6, 6.07) is 6.66. The number of H-pyrrole nitrogens is 2. The number of ether oxygens (including phenoxy) is 4. The molecule has 0 spiro atoms. The van der Waals surface area contributed by atoms with E-state index in [4.69, 9.17) is 28.9 Å². The molecule has 2 aromatic heterocycles. The molecule has 3 saturated carbocycles. The van der Waals surface area contributed by atoms with Gasteiger partial charge >= 0.3 is 12.2 Å². The Balaban J connectivity index is 0.995. The third-order valence-corrected chi connectivity index (χ3v) is 13.7. The molecule has 0 unspecified atom stereocenters. The van der Waals surface area contributed by atoms with E-state index >= 15 is 0 Å². The van der Waals surface area contributed by atoms with E-state index in [-0.39, 0.29) is 34.7 Å². The number of likely N-dealkylation sites (tertiary alicyclic amines) is 2. The number of hydrogen-bond acceptors (Lipinski definition) is 10. The van der Waals surface area contributed by atoms with Crippen LogP contribution in [0.2, 0.25) is 0 Å². The predicted octanol–water partition coefficient (Wildman–Crippen LogP) is 5.19. The minimum absolute atomic E-state index is 0.0265. The van der Waals surface area contributed by atoms with Gasteiger partial charge in [-0.25, -0.2) is 19.6 Å². The lowest BCUT2D eigenvalue weighted by molar-refractivity contribution is -0.138. The Kier molecular flexibility index (Phi) is 12.1. The van der Waals surface area contributed by atoms with Gasteiger partial charge in [-0.1, -0.05) is 24.3 Å². The minimum atomic E-state index is -0.885. The fourth-order valence-corrected chi connectivity index (χ4v) is 9.84. The van der Waals surface area contributed by atoms with Crippen LogP contribution in [0.25, 0.3) is 11.3 Å². The van der Waals surface area contributed by atoms with Crippen molar-refractivity contribution in [3.05, 3.63) is 59.6 Å². The molecule has 2 aliphatic heterocycles. The molecular formula is C42H58N8O8. The molecule has 0 radical (unpaired) electrons. The number of alkyl carbamates (subject to hydrolysis) is 2. The van der Waals surface area contributed by atoms with Crippen molar-refractivity contribution in [2.75, 3.05) is 41.5 Å². The number of benzene rings is 1. The molecule has 2 bridgehead atoms. The predicted molar refractivity (Wildman–Crippen MR) is 213 cm³/mol. The summed E-state index contributed by atoms with van der Waals surface area (Å²) < 4.78 is 20.4. The average Bonchev–Trinajstić information content (AvgIpc) is 4.11. The number of methoxy groups -OCH3 is 4. The summed E-state index contributed by atoms with van der Waals surface area (Å²) in [7, 11) is 5.57. The van der Waals surface area contributed by atoms with Gasteiger partial charge in [0.1, 0.15) is 23.7 Å². The van der Waals surface area contributed by atoms with Gasteiger partial charge in [-0.2, -0.15) is 0 Å². The lowest BCUT2D eigenvalue weighted by Gasteiger charge is -2.53. The highest BCUT2D eigenvalue weighted by atomic mass is 16.5. The maximum atomic E-state index is 13.8. The number of rotatable bonds is 13. The number of nitrogens with zero attached hydrogens (tertiary/aromatic N) is 4. The summed E-state index contributed by atoms with van der Waals surface area (Å²) in [4.78, 5) is 71.9.